The monoisotopic (exact) mass is 449 g/mol. The Bertz CT molecular complexity index is 1050. The number of nitro benzene ring substituents is 1. The maximum absolute atomic E-state index is 12.6. The molecule has 0 fully saturated rings. The molecule has 8 nitrogen and oxygen atoms in total. The van der Waals surface area contributed by atoms with Gasteiger partial charge < -0.3 is 4.74 Å². The van der Waals surface area contributed by atoms with E-state index in [1.807, 2.05) is 0 Å². The van der Waals surface area contributed by atoms with E-state index in [0.29, 0.717) is 29.7 Å². The molecule has 29 heavy (non-hydrogen) atoms. The topological polar surface area (TPSA) is 121 Å². The van der Waals surface area contributed by atoms with Gasteiger partial charge in [-0.05, 0) is 36.4 Å². The fourth-order valence-corrected chi connectivity index (χ4v) is 3.53. The highest BCUT2D eigenvalue weighted by molar-refractivity contribution is 8.00. The second-order valence-electron chi connectivity index (χ2n) is 5.29. The zero-order valence-electron chi connectivity index (χ0n) is 14.1. The van der Waals surface area contributed by atoms with Crippen molar-refractivity contribution in [3.05, 3.63) is 58.1 Å². The van der Waals surface area contributed by atoms with E-state index in [0.717, 1.165) is 6.07 Å². The summed E-state index contributed by atoms with van der Waals surface area (Å²) in [7, 11) is -5.76. The van der Waals surface area contributed by atoms with Crippen LogP contribution in [0.5, 0.6) is 5.75 Å². The third kappa shape index (κ3) is 5.32. The molecule has 0 saturated heterocycles. The number of halogens is 3. The maximum atomic E-state index is 12.6. The molecule has 0 N–H and O–H groups in total. The van der Waals surface area contributed by atoms with Crippen LogP contribution in [0.4, 0.5) is 18.9 Å². The van der Waals surface area contributed by atoms with E-state index in [-0.39, 0.29) is 16.7 Å². The standard InChI is InChI=1S/C16H10F3NO7S2/c17-16(18,19)29(25,26)12-5-6-14(13(7-12)20(23)24)28-9-15(22)27-11-3-1-10(8-21)2-4-11/h1-8H,9H2. The van der Waals surface area contributed by atoms with Crippen LogP contribution in [0.2, 0.25) is 0 Å². The lowest BCUT2D eigenvalue weighted by atomic mass is 10.2. The number of rotatable bonds is 7. The number of sulfone groups is 1. The fraction of sp³-hybridized carbons (Fsp3) is 0.125. The molecule has 0 unspecified atom stereocenters. The van der Waals surface area contributed by atoms with Crippen molar-refractivity contribution in [2.45, 2.75) is 15.3 Å². The largest absolute Gasteiger partial charge is 0.501 e. The summed E-state index contributed by atoms with van der Waals surface area (Å²) in [5, 5.41) is 11.1. The van der Waals surface area contributed by atoms with Gasteiger partial charge in [-0.3, -0.25) is 19.7 Å². The summed E-state index contributed by atoms with van der Waals surface area (Å²) in [6, 6.07) is 7.17. The number of alkyl halides is 3. The highest BCUT2D eigenvalue weighted by atomic mass is 32.2. The van der Waals surface area contributed by atoms with Crippen molar-refractivity contribution in [1.82, 2.24) is 0 Å². The SMILES string of the molecule is O=Cc1ccc(OC(=O)CSc2ccc(S(=O)(=O)C(F)(F)F)cc2[N+](=O)[O-])cc1. The summed E-state index contributed by atoms with van der Waals surface area (Å²) >= 11 is 0.589. The second-order valence-corrected chi connectivity index (χ2v) is 8.24. The van der Waals surface area contributed by atoms with Crippen LogP contribution in [0.15, 0.2) is 52.3 Å². The predicted octanol–water partition coefficient (Wildman–Crippen LogP) is 3.40. The van der Waals surface area contributed by atoms with Crippen LogP contribution in [0.1, 0.15) is 10.4 Å². The molecule has 2 aromatic rings. The van der Waals surface area contributed by atoms with Crippen molar-refractivity contribution in [1.29, 1.82) is 0 Å². The van der Waals surface area contributed by atoms with Crippen LogP contribution in [-0.2, 0) is 14.6 Å². The normalized spacial score (nSPS) is 11.7. The number of hydrogen-bond acceptors (Lipinski definition) is 8. The highest BCUT2D eigenvalue weighted by Gasteiger charge is 2.47. The molecule has 0 bridgehead atoms. The Balaban J connectivity index is 2.16. The van der Waals surface area contributed by atoms with Crippen LogP contribution < -0.4 is 4.74 Å². The molecule has 0 aliphatic carbocycles. The zero-order valence-corrected chi connectivity index (χ0v) is 15.7. The van der Waals surface area contributed by atoms with Gasteiger partial charge in [-0.2, -0.15) is 13.2 Å². The number of carbonyl (C=O) groups excluding carboxylic acids is 2. The van der Waals surface area contributed by atoms with Crippen molar-refractivity contribution in [3.63, 3.8) is 0 Å². The van der Waals surface area contributed by atoms with E-state index in [1.54, 1.807) is 0 Å². The van der Waals surface area contributed by atoms with E-state index >= 15 is 0 Å². The van der Waals surface area contributed by atoms with Crippen LogP contribution in [0, 0.1) is 10.1 Å². The molecule has 2 rings (SSSR count). The molecular formula is C16H10F3NO7S2. The van der Waals surface area contributed by atoms with Gasteiger partial charge >= 0.3 is 11.5 Å². The van der Waals surface area contributed by atoms with Crippen LogP contribution >= 0.6 is 11.8 Å². The molecule has 0 atom stereocenters. The van der Waals surface area contributed by atoms with Crippen LogP contribution in [0.25, 0.3) is 0 Å². The van der Waals surface area contributed by atoms with Crippen molar-refractivity contribution in [2.75, 3.05) is 5.75 Å². The summed E-state index contributed by atoms with van der Waals surface area (Å²) < 4.78 is 65.6. The second kappa shape index (κ2) is 8.61. The Labute approximate surface area is 165 Å². The summed E-state index contributed by atoms with van der Waals surface area (Å²) in [6.07, 6.45) is 0.587. The summed E-state index contributed by atoms with van der Waals surface area (Å²) in [5.41, 5.74) is -6.16. The van der Waals surface area contributed by atoms with Gasteiger partial charge in [0, 0.05) is 11.6 Å². The van der Waals surface area contributed by atoms with E-state index in [2.05, 4.69) is 0 Å². The van der Waals surface area contributed by atoms with Gasteiger partial charge in [0.2, 0.25) is 0 Å². The Kier molecular flexibility index (Phi) is 6.64. The molecule has 0 spiro atoms. The van der Waals surface area contributed by atoms with E-state index in [9.17, 15) is 41.3 Å². The van der Waals surface area contributed by atoms with E-state index in [1.165, 1.54) is 24.3 Å². The Hall–Kier alpha value is -2.93. The van der Waals surface area contributed by atoms with Gasteiger partial charge in [0.1, 0.15) is 12.0 Å². The molecule has 154 valence electrons. The molecule has 0 saturated carbocycles. The number of hydrogen-bond donors (Lipinski definition) is 0. The zero-order chi connectivity index (χ0) is 21.8. The number of esters is 1. The van der Waals surface area contributed by atoms with Gasteiger partial charge in [-0.25, -0.2) is 8.42 Å². The fourth-order valence-electron chi connectivity index (χ4n) is 1.97. The minimum absolute atomic E-state index is 0.113. The average molecular weight is 449 g/mol. The van der Waals surface area contributed by atoms with E-state index in [4.69, 9.17) is 4.74 Å². The van der Waals surface area contributed by atoms with Gasteiger partial charge in [0.05, 0.1) is 20.5 Å². The predicted molar refractivity (Wildman–Crippen MR) is 94.5 cm³/mol. The first-order chi connectivity index (χ1) is 13.5. The van der Waals surface area contributed by atoms with Gasteiger partial charge in [0.15, 0.2) is 0 Å². The molecule has 0 radical (unpaired) electrons. The van der Waals surface area contributed by atoms with Gasteiger partial charge in [-0.15, -0.1) is 11.8 Å². The first-order valence-electron chi connectivity index (χ1n) is 7.44. The van der Waals surface area contributed by atoms with E-state index < -0.39 is 42.6 Å². The first-order valence-corrected chi connectivity index (χ1v) is 9.91. The molecule has 13 heteroatoms. The smallest absolute Gasteiger partial charge is 0.426 e. The average Bonchev–Trinajstić information content (AvgIpc) is 2.65. The Morgan fingerprint density at radius 2 is 1.79 bits per heavy atom. The number of thioether (sulfide) groups is 1. The number of nitro groups is 1. The molecule has 0 aliphatic heterocycles. The van der Waals surface area contributed by atoms with Crippen LogP contribution in [-0.4, -0.2) is 36.9 Å². The maximum Gasteiger partial charge on any atom is 0.501 e. The van der Waals surface area contributed by atoms with Crippen molar-refractivity contribution < 1.29 is 40.8 Å². The number of ether oxygens (including phenoxy) is 1. The van der Waals surface area contributed by atoms with Crippen molar-refractivity contribution >= 4 is 39.5 Å². The number of nitrogens with zero attached hydrogens (tertiary/aromatic N) is 1. The van der Waals surface area contributed by atoms with Crippen LogP contribution in [0.3, 0.4) is 0 Å². The molecule has 0 aromatic heterocycles. The van der Waals surface area contributed by atoms with Gasteiger partial charge in [0.25, 0.3) is 15.5 Å². The lowest BCUT2D eigenvalue weighted by molar-refractivity contribution is -0.388. The molecule has 0 aliphatic rings. The lowest BCUT2D eigenvalue weighted by Gasteiger charge is -2.09. The first kappa shape index (κ1) is 22.4. The summed E-state index contributed by atoms with van der Waals surface area (Å²) in [4.78, 5) is 31.0. The summed E-state index contributed by atoms with van der Waals surface area (Å²) in [5.74, 6) is -1.15. The third-order valence-electron chi connectivity index (χ3n) is 3.34. The molecule has 0 heterocycles. The summed E-state index contributed by atoms with van der Waals surface area (Å²) in [6.45, 7) is 0. The number of benzene rings is 2. The quantitative estimate of drug-likeness (QED) is 0.158. The Morgan fingerprint density at radius 1 is 1.17 bits per heavy atom. The molecule has 2 aromatic carbocycles. The molecule has 0 amide bonds. The highest BCUT2D eigenvalue weighted by Crippen LogP contribution is 2.36. The number of carbonyl (C=O) groups is 2. The third-order valence-corrected chi connectivity index (χ3v) is 5.86. The van der Waals surface area contributed by atoms with Crippen molar-refractivity contribution in [2.24, 2.45) is 0 Å². The lowest BCUT2D eigenvalue weighted by Crippen LogP contribution is -2.23. The minimum atomic E-state index is -5.76. The minimum Gasteiger partial charge on any atom is -0.426 e. The van der Waals surface area contributed by atoms with Gasteiger partial charge in [-0.1, -0.05) is 0 Å². The number of aldehydes is 1. The molecular weight excluding hydrogens is 439 g/mol. The Morgan fingerprint density at radius 3 is 2.31 bits per heavy atom. The van der Waals surface area contributed by atoms with Crippen molar-refractivity contribution in [3.8, 4) is 5.75 Å².